The molecule has 0 aliphatic carbocycles. The number of carbonyl (C=O) groups is 1. The summed E-state index contributed by atoms with van der Waals surface area (Å²) < 4.78 is 6.18. The zero-order valence-corrected chi connectivity index (χ0v) is 10.8. The van der Waals surface area contributed by atoms with Crippen molar-refractivity contribution in [3.8, 4) is 0 Å². The summed E-state index contributed by atoms with van der Waals surface area (Å²) in [6.45, 7) is 6.08. The van der Waals surface area contributed by atoms with Gasteiger partial charge in [-0.05, 0) is 12.8 Å². The molecule has 2 nitrogen and oxygen atoms in total. The minimum atomic E-state index is -0.0466. The summed E-state index contributed by atoms with van der Waals surface area (Å²) in [5.41, 5.74) is 0. The van der Waals surface area contributed by atoms with Crippen molar-refractivity contribution in [3.63, 3.8) is 0 Å². The van der Waals surface area contributed by atoms with Gasteiger partial charge in [0.1, 0.15) is 6.10 Å². The van der Waals surface area contributed by atoms with E-state index in [1.165, 1.54) is 0 Å². The van der Waals surface area contributed by atoms with Crippen LogP contribution in [0.2, 0.25) is 0 Å². The van der Waals surface area contributed by atoms with E-state index in [2.05, 4.69) is 36.4 Å². The Bertz CT molecular complexity index is 148. The highest BCUT2D eigenvalue weighted by atomic mass is 127. The van der Waals surface area contributed by atoms with Gasteiger partial charge >= 0.3 is 5.97 Å². The van der Waals surface area contributed by atoms with E-state index in [1.807, 2.05) is 6.92 Å². The van der Waals surface area contributed by atoms with Gasteiger partial charge in [-0.3, -0.25) is 4.79 Å². The van der Waals surface area contributed by atoms with Crippen LogP contribution in [0.1, 0.15) is 40.0 Å². The fourth-order valence-electron chi connectivity index (χ4n) is 1.01. The molecule has 0 radical (unpaired) electrons. The highest BCUT2D eigenvalue weighted by Crippen LogP contribution is 2.11. The standard InChI is InChI=1S/C10H19IO2/c1-4-6-9(5-2)13-10(12)8(3)7-11/h8-9H,4-7H2,1-3H3. The van der Waals surface area contributed by atoms with Gasteiger partial charge in [-0.25, -0.2) is 0 Å². The number of hydrogen-bond donors (Lipinski definition) is 0. The molecule has 0 amide bonds. The maximum atomic E-state index is 11.4. The van der Waals surface area contributed by atoms with E-state index in [4.69, 9.17) is 4.74 Å². The molecule has 0 N–H and O–H groups in total. The Kier molecular flexibility index (Phi) is 7.71. The minimum Gasteiger partial charge on any atom is -0.462 e. The number of esters is 1. The molecule has 2 atom stereocenters. The number of alkyl halides is 1. The van der Waals surface area contributed by atoms with Crippen LogP contribution in [0.3, 0.4) is 0 Å². The lowest BCUT2D eigenvalue weighted by atomic mass is 10.1. The van der Waals surface area contributed by atoms with Crippen molar-refractivity contribution in [2.45, 2.75) is 46.1 Å². The van der Waals surface area contributed by atoms with E-state index in [9.17, 15) is 4.79 Å². The molecule has 0 saturated heterocycles. The van der Waals surface area contributed by atoms with Crippen LogP contribution in [0, 0.1) is 5.92 Å². The van der Waals surface area contributed by atoms with Crippen molar-refractivity contribution in [1.29, 1.82) is 0 Å². The van der Waals surface area contributed by atoms with Gasteiger partial charge in [-0.2, -0.15) is 0 Å². The van der Waals surface area contributed by atoms with E-state index in [0.29, 0.717) is 0 Å². The number of halogens is 1. The molecule has 0 aromatic rings. The van der Waals surface area contributed by atoms with Gasteiger partial charge in [0.15, 0.2) is 0 Å². The van der Waals surface area contributed by atoms with E-state index >= 15 is 0 Å². The first-order valence-corrected chi connectivity index (χ1v) is 6.44. The molecule has 0 aliphatic rings. The highest BCUT2D eigenvalue weighted by Gasteiger charge is 2.16. The Morgan fingerprint density at radius 1 is 1.46 bits per heavy atom. The molecule has 0 saturated carbocycles. The fraction of sp³-hybridized carbons (Fsp3) is 0.900. The Morgan fingerprint density at radius 2 is 2.08 bits per heavy atom. The lowest BCUT2D eigenvalue weighted by Crippen LogP contribution is -2.23. The van der Waals surface area contributed by atoms with Gasteiger partial charge < -0.3 is 4.74 Å². The lowest BCUT2D eigenvalue weighted by Gasteiger charge is -2.17. The summed E-state index contributed by atoms with van der Waals surface area (Å²) in [7, 11) is 0. The van der Waals surface area contributed by atoms with Crippen molar-refractivity contribution in [2.75, 3.05) is 4.43 Å². The molecule has 13 heavy (non-hydrogen) atoms. The predicted molar refractivity (Wildman–Crippen MR) is 63.1 cm³/mol. The summed E-state index contributed by atoms with van der Waals surface area (Å²) in [5.74, 6) is -0.0128. The van der Waals surface area contributed by atoms with E-state index in [-0.39, 0.29) is 18.0 Å². The number of carbonyl (C=O) groups excluding carboxylic acids is 1. The maximum Gasteiger partial charge on any atom is 0.309 e. The second-order valence-electron chi connectivity index (χ2n) is 3.31. The topological polar surface area (TPSA) is 26.3 Å². The van der Waals surface area contributed by atoms with Crippen LogP contribution in [0.15, 0.2) is 0 Å². The lowest BCUT2D eigenvalue weighted by molar-refractivity contribution is -0.153. The first-order chi connectivity index (χ1) is 6.15. The highest BCUT2D eigenvalue weighted by molar-refractivity contribution is 14.1. The Hall–Kier alpha value is 0.200. The number of ether oxygens (including phenoxy) is 1. The number of rotatable bonds is 6. The van der Waals surface area contributed by atoms with Crippen LogP contribution in [0.25, 0.3) is 0 Å². The van der Waals surface area contributed by atoms with E-state index < -0.39 is 0 Å². The van der Waals surface area contributed by atoms with Gasteiger partial charge in [0.2, 0.25) is 0 Å². The molecule has 0 fully saturated rings. The number of hydrogen-bond acceptors (Lipinski definition) is 2. The Balaban J connectivity index is 3.85. The van der Waals surface area contributed by atoms with Crippen molar-refractivity contribution in [2.24, 2.45) is 5.92 Å². The van der Waals surface area contributed by atoms with Crippen LogP contribution < -0.4 is 0 Å². The van der Waals surface area contributed by atoms with Gasteiger partial charge in [-0.15, -0.1) is 0 Å². The second-order valence-corrected chi connectivity index (χ2v) is 4.19. The normalized spacial score (nSPS) is 15.1. The van der Waals surface area contributed by atoms with Crippen molar-refractivity contribution < 1.29 is 9.53 Å². The molecule has 0 aromatic carbocycles. The predicted octanol–water partition coefficient (Wildman–Crippen LogP) is 3.18. The summed E-state index contributed by atoms with van der Waals surface area (Å²) in [6, 6.07) is 0. The first-order valence-electron chi connectivity index (χ1n) is 4.92. The molecular formula is C10H19IO2. The summed E-state index contributed by atoms with van der Waals surface area (Å²) in [6.07, 6.45) is 3.11. The summed E-state index contributed by atoms with van der Waals surface area (Å²) >= 11 is 2.21. The average molecular weight is 298 g/mol. The van der Waals surface area contributed by atoms with Crippen LogP contribution in [0.4, 0.5) is 0 Å². The molecule has 0 aliphatic heterocycles. The van der Waals surface area contributed by atoms with Crippen LogP contribution >= 0.6 is 22.6 Å². The molecule has 2 unspecified atom stereocenters. The van der Waals surface area contributed by atoms with Gasteiger partial charge in [0.25, 0.3) is 0 Å². The van der Waals surface area contributed by atoms with E-state index in [0.717, 1.165) is 23.7 Å². The van der Waals surface area contributed by atoms with Gasteiger partial charge in [0.05, 0.1) is 5.92 Å². The SMILES string of the molecule is CCCC(CC)OC(=O)C(C)CI. The molecule has 0 spiro atoms. The molecular weight excluding hydrogens is 279 g/mol. The van der Waals surface area contributed by atoms with Gasteiger partial charge in [-0.1, -0.05) is 49.8 Å². The Labute approximate surface area is 94.6 Å². The third kappa shape index (κ3) is 5.49. The summed E-state index contributed by atoms with van der Waals surface area (Å²) in [5, 5.41) is 0. The first kappa shape index (κ1) is 13.2. The molecule has 3 heteroatoms. The van der Waals surface area contributed by atoms with E-state index in [1.54, 1.807) is 0 Å². The summed E-state index contributed by atoms with van der Waals surface area (Å²) in [4.78, 5) is 11.4. The minimum absolute atomic E-state index is 0.0338. The van der Waals surface area contributed by atoms with Crippen LogP contribution in [-0.4, -0.2) is 16.5 Å². The van der Waals surface area contributed by atoms with Crippen molar-refractivity contribution in [3.05, 3.63) is 0 Å². The van der Waals surface area contributed by atoms with Crippen LogP contribution in [-0.2, 0) is 9.53 Å². The monoisotopic (exact) mass is 298 g/mol. The van der Waals surface area contributed by atoms with Crippen LogP contribution in [0.5, 0.6) is 0 Å². The van der Waals surface area contributed by atoms with Crippen molar-refractivity contribution in [1.82, 2.24) is 0 Å². The zero-order valence-electron chi connectivity index (χ0n) is 8.68. The van der Waals surface area contributed by atoms with Crippen molar-refractivity contribution >= 4 is 28.6 Å². The molecule has 0 rings (SSSR count). The maximum absolute atomic E-state index is 11.4. The fourth-order valence-corrected chi connectivity index (χ4v) is 1.37. The Morgan fingerprint density at radius 3 is 2.46 bits per heavy atom. The second kappa shape index (κ2) is 7.59. The quantitative estimate of drug-likeness (QED) is 0.428. The molecule has 0 bridgehead atoms. The molecule has 0 aromatic heterocycles. The third-order valence-electron chi connectivity index (χ3n) is 1.98. The third-order valence-corrected chi connectivity index (χ3v) is 3.30. The molecule has 78 valence electrons. The average Bonchev–Trinajstić information content (AvgIpc) is 2.15. The smallest absolute Gasteiger partial charge is 0.309 e. The van der Waals surface area contributed by atoms with Gasteiger partial charge in [0, 0.05) is 4.43 Å². The largest absolute Gasteiger partial charge is 0.462 e. The zero-order chi connectivity index (χ0) is 10.3. The molecule has 0 heterocycles.